The van der Waals surface area contributed by atoms with Gasteiger partial charge >= 0.3 is 0 Å². The highest BCUT2D eigenvalue weighted by Crippen LogP contribution is 2.17. The molecule has 1 aromatic carbocycles. The lowest BCUT2D eigenvalue weighted by Gasteiger charge is -2.06. The monoisotopic (exact) mass is 269 g/mol. The number of halogens is 1. The van der Waals surface area contributed by atoms with E-state index >= 15 is 0 Å². The molecule has 0 radical (unpaired) electrons. The van der Waals surface area contributed by atoms with E-state index in [0.29, 0.717) is 12.1 Å². The summed E-state index contributed by atoms with van der Waals surface area (Å²) in [5.41, 5.74) is 2.70. The lowest BCUT2D eigenvalue weighted by Crippen LogP contribution is -2.03. The van der Waals surface area contributed by atoms with Gasteiger partial charge in [0.1, 0.15) is 5.82 Å². The Morgan fingerprint density at radius 2 is 2.05 bits per heavy atom. The van der Waals surface area contributed by atoms with Gasteiger partial charge < -0.3 is 0 Å². The molecule has 0 aliphatic carbocycles. The quantitative estimate of drug-likeness (QED) is 0.725. The maximum atomic E-state index is 13.7. The average molecular weight is 269 g/mol. The van der Waals surface area contributed by atoms with E-state index in [2.05, 4.69) is 17.0 Å². The fraction of sp³-hybridized carbons (Fsp3) is 0.250. The highest BCUT2D eigenvalue weighted by molar-refractivity contribution is 5.78. The summed E-state index contributed by atoms with van der Waals surface area (Å²) in [4.78, 5) is 4.41. The molecule has 4 heteroatoms. The van der Waals surface area contributed by atoms with Gasteiger partial charge in [-0.05, 0) is 18.6 Å². The molecule has 0 atom stereocenters. The molecule has 0 aliphatic rings. The SMILES string of the molecule is CCCc1cc2c(cn1)cnn2Cc1ccccc1F. The van der Waals surface area contributed by atoms with Crippen molar-refractivity contribution in [1.29, 1.82) is 0 Å². The highest BCUT2D eigenvalue weighted by Gasteiger charge is 2.07. The second-order valence-electron chi connectivity index (χ2n) is 4.88. The molecule has 0 amide bonds. The second kappa shape index (κ2) is 5.41. The first-order valence-corrected chi connectivity index (χ1v) is 6.82. The molecule has 2 aromatic heterocycles. The van der Waals surface area contributed by atoms with Crippen LogP contribution in [0.15, 0.2) is 42.7 Å². The summed E-state index contributed by atoms with van der Waals surface area (Å²) in [6.45, 7) is 2.56. The van der Waals surface area contributed by atoms with Crippen LogP contribution in [0.3, 0.4) is 0 Å². The van der Waals surface area contributed by atoms with E-state index in [4.69, 9.17) is 0 Å². The van der Waals surface area contributed by atoms with Crippen molar-refractivity contribution in [2.24, 2.45) is 0 Å². The summed E-state index contributed by atoms with van der Waals surface area (Å²) in [7, 11) is 0. The zero-order valence-corrected chi connectivity index (χ0v) is 11.4. The van der Waals surface area contributed by atoms with Crippen LogP contribution in [0.1, 0.15) is 24.6 Å². The van der Waals surface area contributed by atoms with Crippen LogP contribution in [-0.2, 0) is 13.0 Å². The van der Waals surface area contributed by atoms with Gasteiger partial charge in [0.25, 0.3) is 0 Å². The van der Waals surface area contributed by atoms with Crippen LogP contribution >= 0.6 is 0 Å². The van der Waals surface area contributed by atoms with Crippen molar-refractivity contribution in [3.05, 3.63) is 59.8 Å². The van der Waals surface area contributed by atoms with Gasteiger partial charge in [-0.1, -0.05) is 31.5 Å². The predicted molar refractivity (Wildman–Crippen MR) is 77.0 cm³/mol. The van der Waals surface area contributed by atoms with Crippen LogP contribution < -0.4 is 0 Å². The standard InChI is InChI=1S/C16H16FN3/c1-2-5-14-8-16-13(9-18-14)10-19-20(16)11-12-6-3-4-7-15(12)17/h3-4,6-10H,2,5,11H2,1H3. The van der Waals surface area contributed by atoms with E-state index < -0.39 is 0 Å². The van der Waals surface area contributed by atoms with Crippen molar-refractivity contribution in [3.8, 4) is 0 Å². The second-order valence-corrected chi connectivity index (χ2v) is 4.88. The third kappa shape index (κ3) is 2.41. The number of aromatic nitrogens is 3. The zero-order chi connectivity index (χ0) is 13.9. The summed E-state index contributed by atoms with van der Waals surface area (Å²) in [5.74, 6) is -0.195. The van der Waals surface area contributed by atoms with Crippen molar-refractivity contribution in [2.75, 3.05) is 0 Å². The number of benzene rings is 1. The molecule has 0 spiro atoms. The van der Waals surface area contributed by atoms with Crippen molar-refractivity contribution in [1.82, 2.24) is 14.8 Å². The van der Waals surface area contributed by atoms with Crippen LogP contribution in [0.2, 0.25) is 0 Å². The maximum absolute atomic E-state index is 13.7. The molecule has 0 fully saturated rings. The number of hydrogen-bond donors (Lipinski definition) is 0. The number of rotatable bonds is 4. The topological polar surface area (TPSA) is 30.7 Å². The molecular weight excluding hydrogens is 253 g/mol. The van der Waals surface area contributed by atoms with Crippen molar-refractivity contribution in [3.63, 3.8) is 0 Å². The Morgan fingerprint density at radius 3 is 2.85 bits per heavy atom. The summed E-state index contributed by atoms with van der Waals surface area (Å²) < 4.78 is 15.6. The fourth-order valence-corrected chi connectivity index (χ4v) is 2.32. The molecular formula is C16H16FN3. The Bertz CT molecular complexity index is 733. The molecule has 0 saturated heterocycles. The molecule has 3 nitrogen and oxygen atoms in total. The van der Waals surface area contributed by atoms with E-state index in [0.717, 1.165) is 29.4 Å². The highest BCUT2D eigenvalue weighted by atomic mass is 19.1. The average Bonchev–Trinajstić information content (AvgIpc) is 2.85. The van der Waals surface area contributed by atoms with E-state index in [-0.39, 0.29) is 5.82 Å². The third-order valence-corrected chi connectivity index (χ3v) is 3.37. The summed E-state index contributed by atoms with van der Waals surface area (Å²) in [6.07, 6.45) is 5.62. The lowest BCUT2D eigenvalue weighted by atomic mass is 10.2. The van der Waals surface area contributed by atoms with Gasteiger partial charge in [0, 0.05) is 22.8 Å². The van der Waals surface area contributed by atoms with Crippen LogP contribution in [-0.4, -0.2) is 14.8 Å². The first-order valence-electron chi connectivity index (χ1n) is 6.82. The van der Waals surface area contributed by atoms with Gasteiger partial charge in [-0.15, -0.1) is 0 Å². The number of nitrogens with zero attached hydrogens (tertiary/aromatic N) is 3. The molecule has 102 valence electrons. The molecule has 0 aliphatic heterocycles. The molecule has 20 heavy (non-hydrogen) atoms. The summed E-state index contributed by atoms with van der Waals surface area (Å²) >= 11 is 0. The van der Waals surface area contributed by atoms with Crippen molar-refractivity contribution >= 4 is 10.9 Å². The Hall–Kier alpha value is -2.23. The summed E-state index contributed by atoms with van der Waals surface area (Å²) in [6, 6.07) is 8.85. The lowest BCUT2D eigenvalue weighted by molar-refractivity contribution is 0.590. The van der Waals surface area contributed by atoms with Gasteiger partial charge in [0.2, 0.25) is 0 Å². The van der Waals surface area contributed by atoms with E-state index in [9.17, 15) is 4.39 Å². The van der Waals surface area contributed by atoms with Gasteiger partial charge in [0.15, 0.2) is 0 Å². The number of aryl methyl sites for hydroxylation is 1. The minimum Gasteiger partial charge on any atom is -0.260 e. The van der Waals surface area contributed by atoms with Crippen LogP contribution in [0.4, 0.5) is 4.39 Å². The Balaban J connectivity index is 1.99. The van der Waals surface area contributed by atoms with Crippen LogP contribution in [0, 0.1) is 5.82 Å². The van der Waals surface area contributed by atoms with Crippen LogP contribution in [0.5, 0.6) is 0 Å². The molecule has 3 rings (SSSR count). The molecule has 2 heterocycles. The first-order chi connectivity index (χ1) is 9.78. The first kappa shape index (κ1) is 12.8. The molecule has 3 aromatic rings. The molecule has 0 bridgehead atoms. The molecule has 0 unspecified atom stereocenters. The third-order valence-electron chi connectivity index (χ3n) is 3.37. The van der Waals surface area contributed by atoms with Crippen molar-refractivity contribution < 1.29 is 4.39 Å². The Labute approximate surface area is 117 Å². The zero-order valence-electron chi connectivity index (χ0n) is 11.4. The maximum Gasteiger partial charge on any atom is 0.128 e. The van der Waals surface area contributed by atoms with Gasteiger partial charge in [-0.25, -0.2) is 4.39 Å². The number of hydrogen-bond acceptors (Lipinski definition) is 2. The van der Waals surface area contributed by atoms with E-state index in [1.807, 2.05) is 23.0 Å². The minimum absolute atomic E-state index is 0.195. The Kier molecular flexibility index (Phi) is 3.46. The fourth-order valence-electron chi connectivity index (χ4n) is 2.32. The van der Waals surface area contributed by atoms with Crippen molar-refractivity contribution in [2.45, 2.75) is 26.3 Å². The van der Waals surface area contributed by atoms with E-state index in [1.165, 1.54) is 6.07 Å². The van der Waals surface area contributed by atoms with Gasteiger partial charge in [-0.2, -0.15) is 5.10 Å². The smallest absolute Gasteiger partial charge is 0.128 e. The van der Waals surface area contributed by atoms with Crippen LogP contribution in [0.25, 0.3) is 10.9 Å². The normalized spacial score (nSPS) is 11.1. The summed E-state index contributed by atoms with van der Waals surface area (Å²) in [5, 5.41) is 5.33. The largest absolute Gasteiger partial charge is 0.260 e. The predicted octanol–water partition coefficient (Wildman–Crippen LogP) is 3.57. The Morgan fingerprint density at radius 1 is 1.20 bits per heavy atom. The number of pyridine rings is 1. The number of fused-ring (bicyclic) bond motifs is 1. The van der Waals surface area contributed by atoms with Gasteiger partial charge in [-0.3, -0.25) is 9.67 Å². The molecule has 0 saturated carbocycles. The van der Waals surface area contributed by atoms with Gasteiger partial charge in [0.05, 0.1) is 18.3 Å². The molecule has 0 N–H and O–H groups in total. The van der Waals surface area contributed by atoms with E-state index in [1.54, 1.807) is 18.3 Å². The minimum atomic E-state index is -0.195.